The predicted octanol–water partition coefficient (Wildman–Crippen LogP) is 2.79. The number of nitrogens with zero attached hydrogens (tertiary/aromatic N) is 1. The predicted molar refractivity (Wildman–Crippen MR) is 67.5 cm³/mol. The molecule has 96 valence electrons. The summed E-state index contributed by atoms with van der Waals surface area (Å²) in [6.45, 7) is 3.51. The summed E-state index contributed by atoms with van der Waals surface area (Å²) in [7, 11) is 1.32. The van der Waals surface area contributed by atoms with Crippen LogP contribution >= 0.6 is 11.6 Å². The van der Waals surface area contributed by atoms with Gasteiger partial charge in [0.25, 0.3) is 0 Å². The van der Waals surface area contributed by atoms with Gasteiger partial charge < -0.3 is 9.47 Å². The summed E-state index contributed by atoms with van der Waals surface area (Å²) in [5.74, 6) is -0.00925. The van der Waals surface area contributed by atoms with E-state index in [0.717, 1.165) is 0 Å². The molecule has 0 radical (unpaired) electrons. The molecule has 1 rings (SSSR count). The van der Waals surface area contributed by atoms with Gasteiger partial charge in [-0.15, -0.1) is 0 Å². The minimum Gasteiger partial charge on any atom is -0.491 e. The minimum absolute atomic E-state index is 0.106. The van der Waals surface area contributed by atoms with E-state index in [4.69, 9.17) is 21.6 Å². The van der Waals surface area contributed by atoms with Crippen LogP contribution in [0.25, 0.3) is 0 Å². The van der Waals surface area contributed by atoms with Crippen LogP contribution in [0.4, 0.5) is 0 Å². The molecular formula is C13H14ClNO3. The van der Waals surface area contributed by atoms with E-state index in [2.05, 4.69) is 4.74 Å². The van der Waals surface area contributed by atoms with Crippen LogP contribution in [0.1, 0.15) is 19.4 Å². The standard InChI is InChI=1S/C13H14ClNO3/c1-13(2,12(16)17-3)8-18-11-6-4-5-10(14)9(11)7-15/h4-6H,8H2,1-3H3. The fraction of sp³-hybridized carbons (Fsp3) is 0.385. The number of methoxy groups -OCH3 is 1. The van der Waals surface area contributed by atoms with Gasteiger partial charge in [0, 0.05) is 0 Å². The summed E-state index contributed by atoms with van der Waals surface area (Å²) >= 11 is 5.88. The van der Waals surface area contributed by atoms with Crippen molar-refractivity contribution in [1.29, 1.82) is 5.26 Å². The third-order valence-electron chi connectivity index (χ3n) is 2.41. The summed E-state index contributed by atoms with van der Waals surface area (Å²) in [6.07, 6.45) is 0. The average Bonchev–Trinajstić information content (AvgIpc) is 2.35. The van der Waals surface area contributed by atoms with E-state index in [1.54, 1.807) is 32.0 Å². The zero-order chi connectivity index (χ0) is 13.8. The van der Waals surface area contributed by atoms with Gasteiger partial charge in [-0.25, -0.2) is 0 Å². The molecule has 0 spiro atoms. The number of ether oxygens (including phenoxy) is 2. The quantitative estimate of drug-likeness (QED) is 0.787. The SMILES string of the molecule is COC(=O)C(C)(C)COc1cccc(Cl)c1C#N. The second kappa shape index (κ2) is 5.74. The topological polar surface area (TPSA) is 59.3 Å². The Balaban J connectivity index is 2.85. The van der Waals surface area contributed by atoms with Gasteiger partial charge in [0.1, 0.15) is 24.0 Å². The molecule has 0 heterocycles. The molecule has 0 N–H and O–H groups in total. The summed E-state index contributed by atoms with van der Waals surface area (Å²) < 4.78 is 10.2. The lowest BCUT2D eigenvalue weighted by atomic mass is 9.95. The summed E-state index contributed by atoms with van der Waals surface area (Å²) in [6, 6.07) is 6.90. The monoisotopic (exact) mass is 267 g/mol. The summed E-state index contributed by atoms with van der Waals surface area (Å²) in [5.41, 5.74) is -0.524. The Bertz CT molecular complexity index is 491. The molecule has 0 aliphatic heterocycles. The fourth-order valence-corrected chi connectivity index (χ4v) is 1.53. The molecule has 0 fully saturated rings. The lowest BCUT2D eigenvalue weighted by Gasteiger charge is -2.22. The maximum Gasteiger partial charge on any atom is 0.314 e. The second-order valence-corrected chi connectivity index (χ2v) is 4.80. The molecule has 18 heavy (non-hydrogen) atoms. The molecule has 0 aliphatic carbocycles. The van der Waals surface area contributed by atoms with Crippen molar-refractivity contribution in [2.45, 2.75) is 13.8 Å². The van der Waals surface area contributed by atoms with Gasteiger partial charge in [-0.3, -0.25) is 4.79 Å². The lowest BCUT2D eigenvalue weighted by molar-refractivity contribution is -0.152. The summed E-state index contributed by atoms with van der Waals surface area (Å²) in [4.78, 5) is 11.5. The number of nitriles is 1. The van der Waals surface area contributed by atoms with Crippen molar-refractivity contribution in [2.24, 2.45) is 5.41 Å². The van der Waals surface area contributed by atoms with Gasteiger partial charge in [0.2, 0.25) is 0 Å². The second-order valence-electron chi connectivity index (χ2n) is 4.39. The van der Waals surface area contributed by atoms with Crippen molar-refractivity contribution < 1.29 is 14.3 Å². The van der Waals surface area contributed by atoms with Crippen LogP contribution < -0.4 is 4.74 Å². The highest BCUT2D eigenvalue weighted by Crippen LogP contribution is 2.27. The van der Waals surface area contributed by atoms with Gasteiger partial charge in [0.15, 0.2) is 0 Å². The molecule has 0 aliphatic rings. The zero-order valence-corrected chi connectivity index (χ0v) is 11.2. The Morgan fingerprint density at radius 3 is 2.72 bits per heavy atom. The Morgan fingerprint density at radius 2 is 2.17 bits per heavy atom. The smallest absolute Gasteiger partial charge is 0.314 e. The van der Waals surface area contributed by atoms with Crippen LogP contribution in [0.15, 0.2) is 18.2 Å². The largest absolute Gasteiger partial charge is 0.491 e. The first-order valence-corrected chi connectivity index (χ1v) is 5.70. The van der Waals surface area contributed by atoms with Gasteiger partial charge in [-0.05, 0) is 26.0 Å². The van der Waals surface area contributed by atoms with Crippen molar-refractivity contribution in [3.8, 4) is 11.8 Å². The first-order chi connectivity index (χ1) is 8.42. The molecule has 1 aromatic rings. The van der Waals surface area contributed by atoms with Crippen LogP contribution in [0, 0.1) is 16.7 Å². The molecule has 4 nitrogen and oxygen atoms in total. The highest BCUT2D eigenvalue weighted by atomic mass is 35.5. The van der Waals surface area contributed by atoms with E-state index in [9.17, 15) is 4.79 Å². The Labute approximate surface area is 111 Å². The highest BCUT2D eigenvalue weighted by Gasteiger charge is 2.30. The zero-order valence-electron chi connectivity index (χ0n) is 10.5. The lowest BCUT2D eigenvalue weighted by Crippen LogP contribution is -2.32. The van der Waals surface area contributed by atoms with E-state index in [0.29, 0.717) is 10.8 Å². The average molecular weight is 268 g/mol. The van der Waals surface area contributed by atoms with Crippen molar-refractivity contribution in [3.05, 3.63) is 28.8 Å². The Hall–Kier alpha value is -1.73. The number of hydrogen-bond donors (Lipinski definition) is 0. The van der Waals surface area contributed by atoms with Crippen molar-refractivity contribution in [3.63, 3.8) is 0 Å². The third-order valence-corrected chi connectivity index (χ3v) is 2.73. The molecule has 5 heteroatoms. The van der Waals surface area contributed by atoms with Gasteiger partial charge in [-0.2, -0.15) is 5.26 Å². The van der Waals surface area contributed by atoms with Crippen LogP contribution in [0.2, 0.25) is 5.02 Å². The van der Waals surface area contributed by atoms with E-state index in [-0.39, 0.29) is 18.1 Å². The number of carbonyl (C=O) groups is 1. The number of rotatable bonds is 4. The number of benzene rings is 1. The molecule has 0 atom stereocenters. The maximum absolute atomic E-state index is 11.5. The molecule has 0 saturated carbocycles. The van der Waals surface area contributed by atoms with Gasteiger partial charge >= 0.3 is 5.97 Å². The summed E-state index contributed by atoms with van der Waals surface area (Å²) in [5, 5.41) is 9.30. The third kappa shape index (κ3) is 3.14. The fourth-order valence-electron chi connectivity index (χ4n) is 1.33. The molecular weight excluding hydrogens is 254 g/mol. The van der Waals surface area contributed by atoms with Gasteiger partial charge in [0.05, 0.1) is 17.5 Å². The van der Waals surface area contributed by atoms with Crippen molar-refractivity contribution >= 4 is 17.6 Å². The number of halogens is 1. The van der Waals surface area contributed by atoms with Crippen LogP contribution in [0.5, 0.6) is 5.75 Å². The minimum atomic E-state index is -0.788. The molecule has 0 aromatic heterocycles. The van der Waals surface area contributed by atoms with E-state index in [1.807, 2.05) is 6.07 Å². The van der Waals surface area contributed by atoms with Crippen LogP contribution in [0.3, 0.4) is 0 Å². The van der Waals surface area contributed by atoms with E-state index >= 15 is 0 Å². The van der Waals surface area contributed by atoms with Crippen LogP contribution in [-0.2, 0) is 9.53 Å². The highest BCUT2D eigenvalue weighted by molar-refractivity contribution is 6.31. The number of carbonyl (C=O) groups excluding carboxylic acids is 1. The molecule has 0 unspecified atom stereocenters. The first-order valence-electron chi connectivity index (χ1n) is 5.32. The van der Waals surface area contributed by atoms with Gasteiger partial charge in [-0.1, -0.05) is 17.7 Å². The van der Waals surface area contributed by atoms with E-state index in [1.165, 1.54) is 7.11 Å². The van der Waals surface area contributed by atoms with Crippen LogP contribution in [-0.4, -0.2) is 19.7 Å². The van der Waals surface area contributed by atoms with Crippen molar-refractivity contribution in [1.82, 2.24) is 0 Å². The maximum atomic E-state index is 11.5. The normalized spacial score (nSPS) is 10.6. The molecule has 0 saturated heterocycles. The first kappa shape index (κ1) is 14.3. The van der Waals surface area contributed by atoms with Crippen molar-refractivity contribution in [2.75, 3.05) is 13.7 Å². The molecule has 0 bridgehead atoms. The Kier molecular flexibility index (Phi) is 4.57. The van der Waals surface area contributed by atoms with E-state index < -0.39 is 5.41 Å². The number of hydrogen-bond acceptors (Lipinski definition) is 4. The molecule has 1 aromatic carbocycles. The number of esters is 1. The molecule has 0 amide bonds. The Morgan fingerprint density at radius 1 is 1.50 bits per heavy atom.